The van der Waals surface area contributed by atoms with Crippen LogP contribution in [0.25, 0.3) is 22.2 Å². The Hall–Kier alpha value is -3.52. The quantitative estimate of drug-likeness (QED) is 0.280. The van der Waals surface area contributed by atoms with Crippen LogP contribution in [0.3, 0.4) is 0 Å². The fraction of sp³-hybridized carbons (Fsp3) is 0.467. The van der Waals surface area contributed by atoms with Gasteiger partial charge in [0.2, 0.25) is 0 Å². The van der Waals surface area contributed by atoms with Crippen molar-refractivity contribution in [3.63, 3.8) is 0 Å². The van der Waals surface area contributed by atoms with Crippen LogP contribution in [0.4, 0.5) is 4.79 Å². The Bertz CT molecular complexity index is 1280. The summed E-state index contributed by atoms with van der Waals surface area (Å²) < 4.78 is 19.4. The van der Waals surface area contributed by atoms with Crippen molar-refractivity contribution in [1.82, 2.24) is 9.88 Å². The van der Waals surface area contributed by atoms with Gasteiger partial charge in [-0.2, -0.15) is 0 Å². The number of rotatable bonds is 8. The molecule has 2 aromatic rings. The Morgan fingerprint density at radius 3 is 2.66 bits per heavy atom. The van der Waals surface area contributed by atoms with E-state index in [1.807, 2.05) is 38.1 Å². The molecule has 2 aliphatic carbocycles. The van der Waals surface area contributed by atoms with Crippen LogP contribution in [0.1, 0.15) is 69.7 Å². The van der Waals surface area contributed by atoms with Crippen LogP contribution in [-0.2, 0) is 9.47 Å². The zero-order valence-corrected chi connectivity index (χ0v) is 22.1. The molecule has 0 bridgehead atoms. The van der Waals surface area contributed by atoms with Crippen LogP contribution in [0, 0.1) is 5.41 Å². The van der Waals surface area contributed by atoms with E-state index in [1.54, 1.807) is 0 Å². The van der Waals surface area contributed by atoms with Crippen molar-refractivity contribution in [3.05, 3.63) is 53.8 Å². The number of fused-ring (bicyclic) bond motifs is 1. The molecular weight excluding hydrogens is 482 g/mol. The van der Waals surface area contributed by atoms with E-state index in [2.05, 4.69) is 22.0 Å². The zero-order valence-electron chi connectivity index (χ0n) is 22.1. The Morgan fingerprint density at radius 1 is 1.24 bits per heavy atom. The SMILES string of the molecule is CC(C)OC(=O)NC1C=CC(c2c(/C(O)=C/C=N)c3ccc(OC4CCOCC4)cc3n2C2CCC2)=CC1. The molecule has 2 fully saturated rings. The standard InChI is InChI=1S/C30H37N3O5/c1-19(2)37-30(35)32-21-8-6-20(7-9-21)29-28(27(34)12-15-31)25-11-10-24(38-23-13-16-36-17-14-23)18-26(25)33(29)22-4-3-5-22/h6-8,10-12,15,18-19,21-23,31,34H,3-5,9,13-14,16-17H2,1-2H3,(H,32,35)/b27-12-,31-15?. The molecule has 1 saturated heterocycles. The summed E-state index contributed by atoms with van der Waals surface area (Å²) >= 11 is 0. The average Bonchev–Trinajstić information content (AvgIpc) is 3.18. The van der Waals surface area contributed by atoms with Crippen molar-refractivity contribution in [3.8, 4) is 5.75 Å². The summed E-state index contributed by atoms with van der Waals surface area (Å²) in [5, 5.41) is 22.5. The summed E-state index contributed by atoms with van der Waals surface area (Å²) in [7, 11) is 0. The van der Waals surface area contributed by atoms with Crippen LogP contribution in [0.5, 0.6) is 5.75 Å². The molecule has 2 heterocycles. The monoisotopic (exact) mass is 519 g/mol. The number of aliphatic hydroxyl groups excluding tert-OH is 1. The number of aliphatic hydroxyl groups is 1. The van der Waals surface area contributed by atoms with Crippen molar-refractivity contribution in [2.24, 2.45) is 0 Å². The molecule has 1 amide bonds. The number of hydrogen-bond acceptors (Lipinski definition) is 6. The predicted octanol–water partition coefficient (Wildman–Crippen LogP) is 6.32. The second-order valence-corrected chi connectivity index (χ2v) is 10.5. The van der Waals surface area contributed by atoms with Gasteiger partial charge in [0.1, 0.15) is 17.6 Å². The number of allylic oxidation sites excluding steroid dienone is 3. The highest BCUT2D eigenvalue weighted by molar-refractivity contribution is 6.01. The van der Waals surface area contributed by atoms with E-state index in [9.17, 15) is 9.90 Å². The van der Waals surface area contributed by atoms with E-state index in [0.717, 1.165) is 65.4 Å². The van der Waals surface area contributed by atoms with E-state index in [1.165, 1.54) is 12.5 Å². The summed E-state index contributed by atoms with van der Waals surface area (Å²) in [5.74, 6) is 0.878. The molecule has 1 atom stereocenters. The van der Waals surface area contributed by atoms with E-state index in [4.69, 9.17) is 19.6 Å². The Kier molecular flexibility index (Phi) is 7.88. The van der Waals surface area contributed by atoms with Crippen LogP contribution in [0.2, 0.25) is 0 Å². The normalized spacial score (nSPS) is 20.8. The Balaban J connectivity index is 1.54. The summed E-state index contributed by atoms with van der Waals surface area (Å²) in [5.41, 5.74) is 3.65. The van der Waals surface area contributed by atoms with Crippen molar-refractivity contribution < 1.29 is 24.1 Å². The average molecular weight is 520 g/mol. The van der Waals surface area contributed by atoms with E-state index in [-0.39, 0.29) is 24.0 Å². The largest absolute Gasteiger partial charge is 0.507 e. The third kappa shape index (κ3) is 5.50. The number of ether oxygens (including phenoxy) is 3. The zero-order chi connectivity index (χ0) is 26.6. The number of carbonyl (C=O) groups is 1. The summed E-state index contributed by atoms with van der Waals surface area (Å²) in [4.78, 5) is 12.1. The first kappa shape index (κ1) is 26.1. The van der Waals surface area contributed by atoms with Gasteiger partial charge in [-0.25, -0.2) is 4.79 Å². The topological polar surface area (TPSA) is 106 Å². The molecule has 3 aliphatic rings. The van der Waals surface area contributed by atoms with Gasteiger partial charge in [0.15, 0.2) is 0 Å². The van der Waals surface area contributed by atoms with Gasteiger partial charge in [0.05, 0.1) is 36.6 Å². The molecule has 0 spiro atoms. The minimum absolute atomic E-state index is 0.0613. The Morgan fingerprint density at radius 2 is 2.03 bits per heavy atom. The lowest BCUT2D eigenvalue weighted by Crippen LogP contribution is -2.35. The van der Waals surface area contributed by atoms with Gasteiger partial charge < -0.3 is 34.6 Å². The second-order valence-electron chi connectivity index (χ2n) is 10.5. The molecule has 1 aromatic carbocycles. The highest BCUT2D eigenvalue weighted by atomic mass is 16.6. The van der Waals surface area contributed by atoms with Gasteiger partial charge in [0.25, 0.3) is 0 Å². The second kappa shape index (κ2) is 11.5. The number of hydrogen-bond donors (Lipinski definition) is 3. The molecular formula is C30H37N3O5. The van der Waals surface area contributed by atoms with E-state index < -0.39 is 6.09 Å². The van der Waals surface area contributed by atoms with Crippen molar-refractivity contribution >= 4 is 34.5 Å². The number of amides is 1. The Labute approximate surface area is 223 Å². The lowest BCUT2D eigenvalue weighted by molar-refractivity contribution is 0.0256. The highest BCUT2D eigenvalue weighted by Crippen LogP contribution is 2.44. The maximum absolute atomic E-state index is 12.1. The highest BCUT2D eigenvalue weighted by Gasteiger charge is 2.30. The van der Waals surface area contributed by atoms with Crippen LogP contribution < -0.4 is 10.1 Å². The number of nitrogens with one attached hydrogen (secondary N) is 2. The molecule has 1 aromatic heterocycles. The first-order valence-corrected chi connectivity index (χ1v) is 13.6. The third-order valence-corrected chi connectivity index (χ3v) is 7.40. The number of alkyl carbamates (subject to hydrolysis) is 1. The van der Waals surface area contributed by atoms with Crippen LogP contribution >= 0.6 is 0 Å². The lowest BCUT2D eigenvalue weighted by atomic mass is 9.91. The minimum atomic E-state index is -0.431. The summed E-state index contributed by atoms with van der Waals surface area (Å²) in [6, 6.07) is 6.23. The maximum Gasteiger partial charge on any atom is 0.407 e. The van der Waals surface area contributed by atoms with Gasteiger partial charge in [0, 0.05) is 42.1 Å². The maximum atomic E-state index is 12.1. The molecule has 8 heteroatoms. The molecule has 202 valence electrons. The lowest BCUT2D eigenvalue weighted by Gasteiger charge is -2.31. The number of benzene rings is 1. The van der Waals surface area contributed by atoms with Crippen LogP contribution in [0.15, 0.2) is 42.5 Å². The molecule has 38 heavy (non-hydrogen) atoms. The molecule has 5 rings (SSSR count). The fourth-order valence-corrected chi connectivity index (χ4v) is 5.38. The fourth-order valence-electron chi connectivity index (χ4n) is 5.38. The third-order valence-electron chi connectivity index (χ3n) is 7.40. The predicted molar refractivity (Wildman–Crippen MR) is 149 cm³/mol. The van der Waals surface area contributed by atoms with Crippen molar-refractivity contribution in [1.29, 1.82) is 5.41 Å². The van der Waals surface area contributed by atoms with Gasteiger partial charge in [-0.05, 0) is 63.3 Å². The van der Waals surface area contributed by atoms with Gasteiger partial charge >= 0.3 is 6.09 Å². The van der Waals surface area contributed by atoms with Crippen molar-refractivity contribution in [2.45, 2.75) is 76.7 Å². The molecule has 8 nitrogen and oxygen atoms in total. The van der Waals surface area contributed by atoms with Crippen molar-refractivity contribution in [2.75, 3.05) is 13.2 Å². The number of carbonyl (C=O) groups excluding carboxylic acids is 1. The van der Waals surface area contributed by atoms with E-state index >= 15 is 0 Å². The first-order valence-electron chi connectivity index (χ1n) is 13.6. The van der Waals surface area contributed by atoms with Gasteiger partial charge in [-0.15, -0.1) is 0 Å². The van der Waals surface area contributed by atoms with Gasteiger partial charge in [-0.1, -0.05) is 18.2 Å². The molecule has 0 radical (unpaired) electrons. The first-order chi connectivity index (χ1) is 18.4. The molecule has 3 N–H and O–H groups in total. The molecule has 1 unspecified atom stereocenters. The van der Waals surface area contributed by atoms with Gasteiger partial charge in [-0.3, -0.25) is 0 Å². The molecule has 1 aliphatic heterocycles. The summed E-state index contributed by atoms with van der Waals surface area (Å²) in [6.45, 7) is 5.08. The smallest absolute Gasteiger partial charge is 0.407 e. The van der Waals surface area contributed by atoms with E-state index in [0.29, 0.717) is 25.7 Å². The van der Waals surface area contributed by atoms with Crippen LogP contribution in [-0.4, -0.2) is 53.4 Å². The summed E-state index contributed by atoms with van der Waals surface area (Å²) in [6.07, 6.45) is 13.8. The number of aromatic nitrogens is 1. The number of nitrogens with zero attached hydrogens (tertiary/aromatic N) is 1. The molecule has 1 saturated carbocycles. The minimum Gasteiger partial charge on any atom is -0.507 e.